The Hall–Kier alpha value is -4.21. The van der Waals surface area contributed by atoms with Crippen LogP contribution in [0.2, 0.25) is 0 Å². The van der Waals surface area contributed by atoms with Crippen molar-refractivity contribution in [3.63, 3.8) is 0 Å². The molecule has 0 bridgehead atoms. The minimum Gasteiger partial charge on any atom is -0.497 e. The lowest BCUT2D eigenvalue weighted by Crippen LogP contribution is -2.51. The number of aromatic nitrogens is 3. The number of amides is 2. The van der Waals surface area contributed by atoms with Crippen molar-refractivity contribution in [3.8, 4) is 5.75 Å². The maximum absolute atomic E-state index is 13.2. The van der Waals surface area contributed by atoms with E-state index in [-0.39, 0.29) is 24.2 Å². The third-order valence-corrected chi connectivity index (χ3v) is 6.57. The van der Waals surface area contributed by atoms with Gasteiger partial charge in [-0.3, -0.25) is 9.59 Å². The molecular weight excluding hydrogens is 458 g/mol. The van der Waals surface area contributed by atoms with Gasteiger partial charge >= 0.3 is 0 Å². The lowest BCUT2D eigenvalue weighted by molar-refractivity contribution is -0.136. The van der Waals surface area contributed by atoms with Crippen LogP contribution in [-0.2, 0) is 9.59 Å². The quantitative estimate of drug-likeness (QED) is 0.566. The standard InChI is InChI=1S/C26H29N7O3/c1-18-4-3-5-22(27-18)28-23-10-11-24(30-29-23)31-12-14-32(15-13-31)26(35)19-16-25(34)33(17-19)20-6-8-21(36-2)9-7-20/h3-11,19H,12-17H2,1-2H3,(H,27,28,29). The summed E-state index contributed by atoms with van der Waals surface area (Å²) in [7, 11) is 1.60. The highest BCUT2D eigenvalue weighted by Crippen LogP contribution is 2.28. The fourth-order valence-corrected chi connectivity index (χ4v) is 4.60. The molecule has 2 aliphatic heterocycles. The number of piperazine rings is 1. The van der Waals surface area contributed by atoms with E-state index in [0.29, 0.717) is 38.5 Å². The van der Waals surface area contributed by atoms with Gasteiger partial charge in [-0.15, -0.1) is 10.2 Å². The molecule has 5 rings (SSSR count). The first kappa shape index (κ1) is 23.5. The fourth-order valence-electron chi connectivity index (χ4n) is 4.60. The molecule has 186 valence electrons. The zero-order valence-corrected chi connectivity index (χ0v) is 20.4. The highest BCUT2D eigenvalue weighted by Gasteiger charge is 2.38. The molecule has 0 aliphatic carbocycles. The average Bonchev–Trinajstić information content (AvgIpc) is 3.30. The van der Waals surface area contributed by atoms with Gasteiger partial charge in [0.05, 0.1) is 13.0 Å². The molecule has 2 amide bonds. The smallest absolute Gasteiger partial charge is 0.228 e. The number of carbonyl (C=O) groups is 2. The molecular formula is C26H29N7O3. The van der Waals surface area contributed by atoms with Crippen LogP contribution in [0.4, 0.5) is 23.1 Å². The highest BCUT2D eigenvalue weighted by molar-refractivity contribution is 6.00. The monoisotopic (exact) mass is 487 g/mol. The van der Waals surface area contributed by atoms with Crippen molar-refractivity contribution in [2.75, 3.05) is 55.0 Å². The van der Waals surface area contributed by atoms with Crippen LogP contribution in [0.1, 0.15) is 12.1 Å². The van der Waals surface area contributed by atoms with Gasteiger partial charge in [0.2, 0.25) is 11.8 Å². The fraction of sp³-hybridized carbons (Fsp3) is 0.346. The second kappa shape index (κ2) is 10.2. The van der Waals surface area contributed by atoms with Crippen LogP contribution in [0.3, 0.4) is 0 Å². The summed E-state index contributed by atoms with van der Waals surface area (Å²) in [5.41, 5.74) is 1.71. The first-order valence-electron chi connectivity index (χ1n) is 12.0. The summed E-state index contributed by atoms with van der Waals surface area (Å²) in [5, 5.41) is 11.8. The summed E-state index contributed by atoms with van der Waals surface area (Å²) in [4.78, 5) is 35.9. The normalized spacial score (nSPS) is 17.9. The predicted molar refractivity (Wildman–Crippen MR) is 137 cm³/mol. The number of benzene rings is 1. The molecule has 1 unspecified atom stereocenters. The van der Waals surface area contributed by atoms with Crippen molar-refractivity contribution < 1.29 is 14.3 Å². The SMILES string of the molecule is COc1ccc(N2CC(C(=O)N3CCN(c4ccc(Nc5cccc(C)n5)nn4)CC3)CC2=O)cc1. The Morgan fingerprint density at radius 3 is 2.42 bits per heavy atom. The largest absolute Gasteiger partial charge is 0.497 e. The molecule has 1 atom stereocenters. The number of anilines is 4. The third-order valence-electron chi connectivity index (χ3n) is 6.57. The molecule has 0 saturated carbocycles. The van der Waals surface area contributed by atoms with Crippen molar-refractivity contribution in [1.29, 1.82) is 0 Å². The Labute approximate surface area is 209 Å². The number of hydrogen-bond acceptors (Lipinski definition) is 8. The predicted octanol–water partition coefficient (Wildman–Crippen LogP) is 2.63. The van der Waals surface area contributed by atoms with Gasteiger partial charge in [-0.2, -0.15) is 0 Å². The Morgan fingerprint density at radius 2 is 1.75 bits per heavy atom. The van der Waals surface area contributed by atoms with Crippen LogP contribution in [-0.4, -0.2) is 71.7 Å². The number of methoxy groups -OCH3 is 1. The molecule has 10 heteroatoms. The van der Waals surface area contributed by atoms with E-state index in [1.165, 1.54) is 0 Å². The maximum Gasteiger partial charge on any atom is 0.228 e. The summed E-state index contributed by atoms with van der Waals surface area (Å²) >= 11 is 0. The molecule has 0 spiro atoms. The van der Waals surface area contributed by atoms with Gasteiger partial charge in [0, 0.05) is 50.5 Å². The molecule has 3 aromatic rings. The summed E-state index contributed by atoms with van der Waals surface area (Å²) in [6.07, 6.45) is 0.237. The minimum absolute atomic E-state index is 0.0259. The van der Waals surface area contributed by atoms with E-state index in [4.69, 9.17) is 4.74 Å². The first-order chi connectivity index (χ1) is 17.5. The van der Waals surface area contributed by atoms with E-state index < -0.39 is 0 Å². The first-order valence-corrected chi connectivity index (χ1v) is 12.0. The van der Waals surface area contributed by atoms with Gasteiger partial charge in [-0.25, -0.2) is 4.98 Å². The zero-order chi connectivity index (χ0) is 25.1. The van der Waals surface area contributed by atoms with Gasteiger partial charge in [0.25, 0.3) is 0 Å². The summed E-state index contributed by atoms with van der Waals surface area (Å²) in [6.45, 7) is 4.83. The number of rotatable bonds is 6. The van der Waals surface area contributed by atoms with Crippen LogP contribution in [0.25, 0.3) is 0 Å². The van der Waals surface area contributed by atoms with Crippen molar-refractivity contribution in [2.45, 2.75) is 13.3 Å². The second-order valence-corrected chi connectivity index (χ2v) is 8.98. The number of nitrogens with one attached hydrogen (secondary N) is 1. The lowest BCUT2D eigenvalue weighted by Gasteiger charge is -2.36. The number of aryl methyl sites for hydroxylation is 1. The molecule has 0 radical (unpaired) electrons. The Balaban J connectivity index is 1.14. The maximum atomic E-state index is 13.2. The third kappa shape index (κ3) is 5.07. The van der Waals surface area contributed by atoms with E-state index in [0.717, 1.165) is 28.8 Å². The van der Waals surface area contributed by atoms with E-state index in [1.807, 2.05) is 66.4 Å². The molecule has 4 heterocycles. The Kier molecular flexibility index (Phi) is 6.66. The van der Waals surface area contributed by atoms with Gasteiger partial charge in [0.15, 0.2) is 11.6 Å². The summed E-state index contributed by atoms with van der Waals surface area (Å²) in [5.74, 6) is 2.53. The highest BCUT2D eigenvalue weighted by atomic mass is 16.5. The van der Waals surface area contributed by atoms with Gasteiger partial charge < -0.3 is 24.8 Å². The van der Waals surface area contributed by atoms with Crippen LogP contribution >= 0.6 is 0 Å². The van der Waals surface area contributed by atoms with E-state index in [1.54, 1.807) is 12.0 Å². The topological polar surface area (TPSA) is 104 Å². The van der Waals surface area contributed by atoms with Gasteiger partial charge in [-0.05, 0) is 55.5 Å². The van der Waals surface area contributed by atoms with E-state index in [9.17, 15) is 9.59 Å². The molecule has 36 heavy (non-hydrogen) atoms. The molecule has 2 fully saturated rings. The Bertz CT molecular complexity index is 1230. The molecule has 1 N–H and O–H groups in total. The number of nitrogens with zero attached hydrogens (tertiary/aromatic N) is 6. The minimum atomic E-state index is -0.327. The van der Waals surface area contributed by atoms with Crippen LogP contribution in [0.5, 0.6) is 5.75 Å². The van der Waals surface area contributed by atoms with Gasteiger partial charge in [-0.1, -0.05) is 6.07 Å². The van der Waals surface area contributed by atoms with Crippen LogP contribution in [0, 0.1) is 12.8 Å². The van der Waals surface area contributed by atoms with Crippen molar-refractivity contribution >= 4 is 35.0 Å². The molecule has 1 aromatic carbocycles. The lowest BCUT2D eigenvalue weighted by atomic mass is 10.1. The van der Waals surface area contributed by atoms with Gasteiger partial charge in [0.1, 0.15) is 11.6 Å². The van der Waals surface area contributed by atoms with Crippen molar-refractivity contribution in [2.24, 2.45) is 5.92 Å². The number of ether oxygens (including phenoxy) is 1. The second-order valence-electron chi connectivity index (χ2n) is 8.98. The van der Waals surface area contributed by atoms with Crippen LogP contribution in [0.15, 0.2) is 54.6 Å². The van der Waals surface area contributed by atoms with Crippen molar-refractivity contribution in [3.05, 3.63) is 60.3 Å². The van der Waals surface area contributed by atoms with Crippen molar-refractivity contribution in [1.82, 2.24) is 20.1 Å². The number of carbonyl (C=O) groups excluding carboxylic acids is 2. The van der Waals surface area contributed by atoms with E-state index in [2.05, 4.69) is 25.4 Å². The van der Waals surface area contributed by atoms with E-state index >= 15 is 0 Å². The summed E-state index contributed by atoms with van der Waals surface area (Å²) in [6, 6.07) is 16.9. The van der Waals surface area contributed by atoms with Crippen LogP contribution < -0.4 is 19.9 Å². The zero-order valence-electron chi connectivity index (χ0n) is 20.4. The molecule has 2 saturated heterocycles. The number of pyridine rings is 1. The molecule has 10 nitrogen and oxygen atoms in total. The average molecular weight is 488 g/mol. The molecule has 2 aliphatic rings. The Morgan fingerprint density at radius 1 is 0.972 bits per heavy atom. The number of hydrogen-bond donors (Lipinski definition) is 1. The summed E-state index contributed by atoms with van der Waals surface area (Å²) < 4.78 is 5.19. The molecule has 2 aromatic heterocycles.